The lowest BCUT2D eigenvalue weighted by Gasteiger charge is -2.17. The molecule has 1 unspecified atom stereocenters. The summed E-state index contributed by atoms with van der Waals surface area (Å²) in [6.07, 6.45) is 0. The summed E-state index contributed by atoms with van der Waals surface area (Å²) in [7, 11) is 1.58. The van der Waals surface area contributed by atoms with Gasteiger partial charge >= 0.3 is 5.97 Å². The van der Waals surface area contributed by atoms with Gasteiger partial charge in [0.25, 0.3) is 0 Å². The molecule has 1 amide bonds. The van der Waals surface area contributed by atoms with Gasteiger partial charge in [-0.3, -0.25) is 4.79 Å². The summed E-state index contributed by atoms with van der Waals surface area (Å²) in [5.74, 6) is -0.561. The monoisotopic (exact) mass is 280 g/mol. The van der Waals surface area contributed by atoms with E-state index in [0.717, 1.165) is 11.3 Å². The predicted octanol–water partition coefficient (Wildman–Crippen LogP) is 0.763. The van der Waals surface area contributed by atoms with Crippen LogP contribution in [0.15, 0.2) is 24.3 Å². The molecule has 0 saturated heterocycles. The van der Waals surface area contributed by atoms with Crippen molar-refractivity contribution in [1.82, 2.24) is 5.32 Å². The highest BCUT2D eigenvalue weighted by atomic mass is 16.5. The molecule has 110 valence electrons. The molecule has 1 rings (SSSR count). The van der Waals surface area contributed by atoms with Gasteiger partial charge in [0, 0.05) is 0 Å². The average Bonchev–Trinajstić information content (AvgIpc) is 2.46. The molecule has 0 aromatic heterocycles. The topological polar surface area (TPSA) is 90.7 Å². The number of nitrogens with one attached hydrogen (secondary N) is 1. The van der Waals surface area contributed by atoms with E-state index in [0.29, 0.717) is 0 Å². The smallest absolute Gasteiger partial charge is 0.332 e. The fraction of sp³-hybridized carbons (Fsp3) is 0.429. The molecular formula is C14H20N2O4. The molecule has 6 nitrogen and oxygen atoms in total. The Balaban J connectivity index is 2.62. The van der Waals surface area contributed by atoms with E-state index in [1.54, 1.807) is 33.1 Å². The minimum atomic E-state index is -1.31. The Hall–Kier alpha value is -2.08. The van der Waals surface area contributed by atoms with Crippen LogP contribution in [-0.2, 0) is 14.3 Å². The molecule has 0 heterocycles. The van der Waals surface area contributed by atoms with Gasteiger partial charge in [-0.05, 0) is 31.5 Å². The third-order valence-electron chi connectivity index (χ3n) is 2.80. The lowest BCUT2D eigenvalue weighted by molar-refractivity contribution is -0.148. The first-order valence-electron chi connectivity index (χ1n) is 6.36. The van der Waals surface area contributed by atoms with Crippen LogP contribution in [0.1, 0.15) is 25.5 Å². The van der Waals surface area contributed by atoms with Crippen molar-refractivity contribution >= 4 is 11.9 Å². The molecule has 1 aromatic carbocycles. The first-order chi connectivity index (χ1) is 9.49. The van der Waals surface area contributed by atoms with Crippen LogP contribution in [0.25, 0.3) is 0 Å². The summed E-state index contributed by atoms with van der Waals surface area (Å²) in [5, 5.41) is 2.67. The lowest BCUT2D eigenvalue weighted by Crippen LogP contribution is -2.47. The van der Waals surface area contributed by atoms with Gasteiger partial charge in [-0.25, -0.2) is 4.79 Å². The molecule has 0 aliphatic heterocycles. The Kier molecular flexibility index (Phi) is 5.99. The molecule has 0 aliphatic carbocycles. The summed E-state index contributed by atoms with van der Waals surface area (Å²) in [4.78, 5) is 23.2. The second kappa shape index (κ2) is 7.49. The fourth-order valence-electron chi connectivity index (χ4n) is 1.62. The largest absolute Gasteiger partial charge is 0.497 e. The van der Waals surface area contributed by atoms with Crippen molar-refractivity contribution in [2.75, 3.05) is 13.7 Å². The summed E-state index contributed by atoms with van der Waals surface area (Å²) in [5.41, 5.74) is 6.40. The summed E-state index contributed by atoms with van der Waals surface area (Å²) in [6.45, 7) is 3.65. The van der Waals surface area contributed by atoms with Gasteiger partial charge in [-0.1, -0.05) is 12.1 Å². The number of hydrogen-bond donors (Lipinski definition) is 2. The van der Waals surface area contributed by atoms with Crippen LogP contribution in [0.5, 0.6) is 5.75 Å². The van der Waals surface area contributed by atoms with E-state index in [1.165, 1.54) is 0 Å². The van der Waals surface area contributed by atoms with Crippen molar-refractivity contribution < 1.29 is 19.1 Å². The second-order valence-corrected chi connectivity index (χ2v) is 4.23. The highest BCUT2D eigenvalue weighted by molar-refractivity contribution is 6.01. The van der Waals surface area contributed by atoms with E-state index in [1.807, 2.05) is 12.1 Å². The summed E-state index contributed by atoms with van der Waals surface area (Å²) >= 11 is 0. The number of benzene rings is 1. The Morgan fingerprint density at radius 2 is 1.90 bits per heavy atom. The van der Waals surface area contributed by atoms with Gasteiger partial charge < -0.3 is 20.5 Å². The Labute approximate surface area is 118 Å². The molecule has 2 atom stereocenters. The van der Waals surface area contributed by atoms with E-state index >= 15 is 0 Å². The number of carbonyl (C=O) groups excluding carboxylic acids is 2. The van der Waals surface area contributed by atoms with Crippen molar-refractivity contribution in [3.63, 3.8) is 0 Å². The van der Waals surface area contributed by atoms with Gasteiger partial charge in [0.1, 0.15) is 5.75 Å². The van der Waals surface area contributed by atoms with Crippen LogP contribution in [0.2, 0.25) is 0 Å². The quantitative estimate of drug-likeness (QED) is 0.593. The van der Waals surface area contributed by atoms with Crippen LogP contribution in [-0.4, -0.2) is 31.6 Å². The first-order valence-corrected chi connectivity index (χ1v) is 6.36. The van der Waals surface area contributed by atoms with Crippen molar-refractivity contribution in [1.29, 1.82) is 0 Å². The van der Waals surface area contributed by atoms with Gasteiger partial charge in [-0.2, -0.15) is 0 Å². The highest BCUT2D eigenvalue weighted by Gasteiger charge is 2.24. The van der Waals surface area contributed by atoms with E-state index < -0.39 is 17.9 Å². The summed E-state index contributed by atoms with van der Waals surface area (Å²) < 4.78 is 9.76. The van der Waals surface area contributed by atoms with Crippen LogP contribution >= 0.6 is 0 Å². The number of carbonyl (C=O) groups is 2. The summed E-state index contributed by atoms with van der Waals surface area (Å²) in [6, 6.07) is 5.68. The van der Waals surface area contributed by atoms with Gasteiger partial charge in [0.2, 0.25) is 5.91 Å². The number of hydrogen-bond acceptors (Lipinski definition) is 5. The van der Waals surface area contributed by atoms with E-state index in [2.05, 4.69) is 5.32 Å². The predicted molar refractivity (Wildman–Crippen MR) is 74.2 cm³/mol. The number of rotatable bonds is 6. The van der Waals surface area contributed by atoms with Crippen LogP contribution in [0, 0.1) is 0 Å². The fourth-order valence-corrected chi connectivity index (χ4v) is 1.62. The maximum absolute atomic E-state index is 11.8. The molecule has 0 bridgehead atoms. The molecule has 0 saturated carbocycles. The molecule has 0 radical (unpaired) electrons. The zero-order chi connectivity index (χ0) is 15.1. The third-order valence-corrected chi connectivity index (χ3v) is 2.80. The zero-order valence-electron chi connectivity index (χ0n) is 11.9. The van der Waals surface area contributed by atoms with E-state index in [4.69, 9.17) is 15.2 Å². The standard InChI is InChI=1S/C14H20N2O4/c1-4-20-14(18)12(15)13(17)16-9(2)10-5-7-11(19-3)8-6-10/h5-9,12H,4,15H2,1-3H3,(H,16,17)/t9-,12?/m1/s1. The second-order valence-electron chi connectivity index (χ2n) is 4.23. The van der Waals surface area contributed by atoms with Crippen LogP contribution < -0.4 is 15.8 Å². The normalized spacial score (nSPS) is 13.2. The molecule has 0 fully saturated rings. The van der Waals surface area contributed by atoms with E-state index in [-0.39, 0.29) is 12.6 Å². The molecule has 1 aromatic rings. The molecular weight excluding hydrogens is 260 g/mol. The van der Waals surface area contributed by atoms with Crippen LogP contribution in [0.4, 0.5) is 0 Å². The highest BCUT2D eigenvalue weighted by Crippen LogP contribution is 2.17. The van der Waals surface area contributed by atoms with Crippen molar-refractivity contribution in [2.24, 2.45) is 5.73 Å². The molecule has 0 spiro atoms. The zero-order valence-corrected chi connectivity index (χ0v) is 11.9. The number of ether oxygens (including phenoxy) is 2. The number of methoxy groups -OCH3 is 1. The van der Waals surface area contributed by atoms with Crippen molar-refractivity contribution in [3.8, 4) is 5.75 Å². The molecule has 20 heavy (non-hydrogen) atoms. The number of esters is 1. The number of amides is 1. The first kappa shape index (κ1) is 16.0. The minimum absolute atomic E-state index is 0.188. The van der Waals surface area contributed by atoms with Crippen LogP contribution in [0.3, 0.4) is 0 Å². The van der Waals surface area contributed by atoms with Gasteiger partial charge in [-0.15, -0.1) is 0 Å². The molecule has 6 heteroatoms. The van der Waals surface area contributed by atoms with Crippen molar-refractivity contribution in [2.45, 2.75) is 25.9 Å². The average molecular weight is 280 g/mol. The Bertz CT molecular complexity index is 459. The minimum Gasteiger partial charge on any atom is -0.497 e. The molecule has 3 N–H and O–H groups in total. The van der Waals surface area contributed by atoms with E-state index in [9.17, 15) is 9.59 Å². The number of nitrogens with two attached hydrogens (primary N) is 1. The maximum Gasteiger partial charge on any atom is 0.332 e. The third kappa shape index (κ3) is 4.24. The maximum atomic E-state index is 11.8. The Morgan fingerprint density at radius 1 is 1.30 bits per heavy atom. The van der Waals surface area contributed by atoms with Gasteiger partial charge in [0.15, 0.2) is 6.04 Å². The Morgan fingerprint density at radius 3 is 2.40 bits per heavy atom. The lowest BCUT2D eigenvalue weighted by atomic mass is 10.1. The SMILES string of the molecule is CCOC(=O)C(N)C(=O)N[C@H](C)c1ccc(OC)cc1. The molecule has 0 aliphatic rings. The van der Waals surface area contributed by atoms with Crippen molar-refractivity contribution in [3.05, 3.63) is 29.8 Å². The van der Waals surface area contributed by atoms with Gasteiger partial charge in [0.05, 0.1) is 19.8 Å².